The van der Waals surface area contributed by atoms with E-state index in [9.17, 15) is 13.6 Å². The van der Waals surface area contributed by atoms with Crippen LogP contribution in [0.15, 0.2) is 12.1 Å². The zero-order valence-corrected chi connectivity index (χ0v) is 10.1. The topological polar surface area (TPSA) is 106 Å². The van der Waals surface area contributed by atoms with Crippen LogP contribution in [0, 0.1) is 23.0 Å². The van der Waals surface area contributed by atoms with Crippen molar-refractivity contribution in [3.8, 4) is 6.07 Å². The van der Waals surface area contributed by atoms with E-state index >= 15 is 0 Å². The van der Waals surface area contributed by atoms with Gasteiger partial charge < -0.3 is 11.5 Å². The summed E-state index contributed by atoms with van der Waals surface area (Å²) in [5.74, 6) is -3.40. The van der Waals surface area contributed by atoms with Gasteiger partial charge >= 0.3 is 0 Å². The lowest BCUT2D eigenvalue weighted by atomic mass is 10.1. The third-order valence-electron chi connectivity index (χ3n) is 2.27. The van der Waals surface area contributed by atoms with Crippen molar-refractivity contribution in [1.82, 2.24) is 4.98 Å². The van der Waals surface area contributed by atoms with Crippen LogP contribution in [0.5, 0.6) is 0 Å². The molecule has 0 fully saturated rings. The first-order valence-electron chi connectivity index (χ1n) is 4.89. The van der Waals surface area contributed by atoms with E-state index < -0.39 is 23.0 Å². The predicted molar refractivity (Wildman–Crippen MR) is 65.4 cm³/mol. The van der Waals surface area contributed by atoms with E-state index in [4.69, 9.17) is 16.7 Å². The number of halogens is 2. The van der Waals surface area contributed by atoms with Gasteiger partial charge in [-0.1, -0.05) is 11.3 Å². The number of nitrogen functional groups attached to an aromatic ring is 2. The van der Waals surface area contributed by atoms with Gasteiger partial charge in [-0.05, 0) is 12.1 Å². The lowest BCUT2D eigenvalue weighted by Gasteiger charge is -2.03. The minimum atomic E-state index is -1.13. The minimum absolute atomic E-state index is 0.0234. The molecule has 0 bridgehead atoms. The van der Waals surface area contributed by atoms with Gasteiger partial charge in [-0.3, -0.25) is 4.79 Å². The molecule has 0 radical (unpaired) electrons. The second kappa shape index (κ2) is 4.62. The maximum Gasteiger partial charge on any atom is 0.212 e. The number of ketones is 1. The van der Waals surface area contributed by atoms with Crippen molar-refractivity contribution < 1.29 is 13.6 Å². The van der Waals surface area contributed by atoms with Crippen LogP contribution >= 0.6 is 11.3 Å². The number of carbonyl (C=O) groups is 1. The Balaban J connectivity index is 2.57. The number of nitrogens with zero attached hydrogens (tertiary/aromatic N) is 2. The van der Waals surface area contributed by atoms with Gasteiger partial charge in [0.2, 0.25) is 5.78 Å². The van der Waals surface area contributed by atoms with Crippen molar-refractivity contribution in [2.24, 2.45) is 0 Å². The highest BCUT2D eigenvalue weighted by molar-refractivity contribution is 7.18. The van der Waals surface area contributed by atoms with Gasteiger partial charge in [-0.15, -0.1) is 0 Å². The number of hydrogen-bond donors (Lipinski definition) is 2. The lowest BCUT2D eigenvalue weighted by Crippen LogP contribution is -2.08. The minimum Gasteiger partial charge on any atom is -0.382 e. The molecule has 96 valence electrons. The first-order chi connectivity index (χ1) is 8.93. The van der Waals surface area contributed by atoms with E-state index in [1.165, 1.54) is 0 Å². The molecule has 4 N–H and O–H groups in total. The number of rotatable bonds is 2. The molecule has 0 spiro atoms. The SMILES string of the molecule is N#Cc1cc(F)c(C(=O)c2sc(N)nc2N)c(F)c1. The summed E-state index contributed by atoms with van der Waals surface area (Å²) in [6, 6.07) is 3.13. The van der Waals surface area contributed by atoms with Gasteiger partial charge in [0, 0.05) is 0 Å². The Labute approximate surface area is 110 Å². The van der Waals surface area contributed by atoms with Crippen LogP contribution in [0.25, 0.3) is 0 Å². The Morgan fingerprint density at radius 2 is 1.89 bits per heavy atom. The van der Waals surface area contributed by atoms with Crippen molar-refractivity contribution in [1.29, 1.82) is 5.26 Å². The van der Waals surface area contributed by atoms with Gasteiger partial charge in [-0.2, -0.15) is 5.26 Å². The zero-order valence-electron chi connectivity index (χ0n) is 9.28. The number of hydrogen-bond acceptors (Lipinski definition) is 6. The molecule has 1 heterocycles. The molecule has 1 aromatic carbocycles. The van der Waals surface area contributed by atoms with Gasteiger partial charge in [-0.25, -0.2) is 13.8 Å². The molecular formula is C11H6F2N4OS. The number of aromatic nitrogens is 1. The van der Waals surface area contributed by atoms with Gasteiger partial charge in [0.1, 0.15) is 22.3 Å². The highest BCUT2D eigenvalue weighted by atomic mass is 32.1. The monoisotopic (exact) mass is 280 g/mol. The summed E-state index contributed by atoms with van der Waals surface area (Å²) in [5, 5.41) is 8.59. The Bertz CT molecular complexity index is 697. The van der Waals surface area contributed by atoms with Crippen molar-refractivity contribution in [2.75, 3.05) is 11.5 Å². The van der Waals surface area contributed by atoms with E-state index in [1.807, 2.05) is 0 Å². The van der Waals surface area contributed by atoms with Crippen molar-refractivity contribution in [3.05, 3.63) is 39.8 Å². The molecule has 0 amide bonds. The molecular weight excluding hydrogens is 274 g/mol. The number of carbonyl (C=O) groups excluding carboxylic acids is 1. The maximum absolute atomic E-state index is 13.7. The molecule has 1 aromatic heterocycles. The average Bonchev–Trinajstić information content (AvgIpc) is 2.67. The largest absolute Gasteiger partial charge is 0.382 e. The molecule has 0 saturated heterocycles. The number of benzene rings is 1. The zero-order chi connectivity index (χ0) is 14.2. The molecule has 0 aliphatic heterocycles. The van der Waals surface area contributed by atoms with Crippen molar-refractivity contribution in [2.45, 2.75) is 0 Å². The molecule has 0 aliphatic carbocycles. The molecule has 0 aliphatic rings. The van der Waals surface area contributed by atoms with E-state index in [0.717, 1.165) is 23.5 Å². The van der Waals surface area contributed by atoms with Crippen molar-refractivity contribution >= 4 is 28.1 Å². The average molecular weight is 280 g/mol. The van der Waals surface area contributed by atoms with Crippen LogP contribution < -0.4 is 11.5 Å². The Kier molecular flexibility index (Phi) is 3.14. The van der Waals surface area contributed by atoms with Gasteiger partial charge in [0.15, 0.2) is 5.13 Å². The summed E-state index contributed by atoms with van der Waals surface area (Å²) < 4.78 is 27.3. The van der Waals surface area contributed by atoms with Crippen molar-refractivity contribution in [3.63, 3.8) is 0 Å². The summed E-state index contributed by atoms with van der Waals surface area (Å²) in [7, 11) is 0. The maximum atomic E-state index is 13.7. The third-order valence-corrected chi connectivity index (χ3v) is 3.17. The number of anilines is 2. The summed E-state index contributed by atoms with van der Waals surface area (Å²) in [4.78, 5) is 15.5. The highest BCUT2D eigenvalue weighted by Crippen LogP contribution is 2.27. The van der Waals surface area contributed by atoms with E-state index in [0.29, 0.717) is 0 Å². The van der Waals surface area contributed by atoms with E-state index in [-0.39, 0.29) is 21.4 Å². The normalized spacial score (nSPS) is 10.2. The standard InChI is InChI=1S/C11H6F2N4OS/c12-5-1-4(3-14)2-6(13)7(5)8(18)9-10(15)17-11(16)19-9/h1-2H,15H2,(H2,16,17). The van der Waals surface area contributed by atoms with Crippen LogP contribution in [0.1, 0.15) is 20.8 Å². The first kappa shape index (κ1) is 12.9. The van der Waals surface area contributed by atoms with Gasteiger partial charge in [0.05, 0.1) is 17.2 Å². The van der Waals surface area contributed by atoms with E-state index in [2.05, 4.69) is 4.98 Å². The van der Waals surface area contributed by atoms with Crippen LogP contribution in [-0.4, -0.2) is 10.8 Å². The summed E-state index contributed by atoms with van der Waals surface area (Å²) in [6.07, 6.45) is 0. The molecule has 0 saturated carbocycles. The fourth-order valence-electron chi connectivity index (χ4n) is 1.48. The smallest absolute Gasteiger partial charge is 0.212 e. The number of thiazole rings is 1. The van der Waals surface area contributed by atoms with Crippen LogP contribution in [0.4, 0.5) is 19.7 Å². The molecule has 2 rings (SSSR count). The second-order valence-corrected chi connectivity index (χ2v) is 4.55. The van der Waals surface area contributed by atoms with Crippen LogP contribution in [0.3, 0.4) is 0 Å². The molecule has 0 unspecified atom stereocenters. The quantitative estimate of drug-likeness (QED) is 0.814. The molecule has 8 heteroatoms. The number of nitrogens with two attached hydrogens (primary N) is 2. The fourth-order valence-corrected chi connectivity index (χ4v) is 2.18. The lowest BCUT2D eigenvalue weighted by molar-refractivity contribution is 0.103. The molecule has 19 heavy (non-hydrogen) atoms. The summed E-state index contributed by atoms with van der Waals surface area (Å²) in [5.41, 5.74) is 9.80. The first-order valence-corrected chi connectivity index (χ1v) is 5.71. The molecule has 2 aromatic rings. The Hall–Kier alpha value is -2.53. The third kappa shape index (κ3) is 2.23. The Morgan fingerprint density at radius 1 is 1.32 bits per heavy atom. The van der Waals surface area contributed by atoms with Crippen LogP contribution in [0.2, 0.25) is 0 Å². The highest BCUT2D eigenvalue weighted by Gasteiger charge is 2.24. The van der Waals surface area contributed by atoms with Gasteiger partial charge in [0.25, 0.3) is 0 Å². The molecule has 0 atom stereocenters. The van der Waals surface area contributed by atoms with E-state index in [1.54, 1.807) is 6.07 Å². The van der Waals surface area contributed by atoms with Crippen LogP contribution in [-0.2, 0) is 0 Å². The summed E-state index contributed by atoms with van der Waals surface area (Å²) >= 11 is 0.738. The molecule has 5 nitrogen and oxygen atoms in total. The number of nitriles is 1. The fraction of sp³-hybridized carbons (Fsp3) is 0. The predicted octanol–water partition coefficient (Wildman–Crippen LogP) is 1.69. The summed E-state index contributed by atoms with van der Waals surface area (Å²) in [6.45, 7) is 0. The Morgan fingerprint density at radius 3 is 2.32 bits per heavy atom. The second-order valence-electron chi connectivity index (χ2n) is 3.52.